The van der Waals surface area contributed by atoms with Crippen molar-refractivity contribution in [3.63, 3.8) is 0 Å². The first-order valence-electron chi connectivity index (χ1n) is 7.15. The second-order valence-electron chi connectivity index (χ2n) is 5.87. The summed E-state index contributed by atoms with van der Waals surface area (Å²) in [5.74, 6) is -1.18. The summed E-state index contributed by atoms with van der Waals surface area (Å²) in [4.78, 5) is 25.1. The Labute approximate surface area is 125 Å². The van der Waals surface area contributed by atoms with Crippen molar-refractivity contribution in [1.82, 2.24) is 4.90 Å². The van der Waals surface area contributed by atoms with Crippen LogP contribution in [0.1, 0.15) is 36.5 Å². The molecule has 0 spiro atoms. The normalized spacial score (nSPS) is 22.0. The summed E-state index contributed by atoms with van der Waals surface area (Å²) in [6.07, 6.45) is 4.47. The molecular weight excluding hydrogens is 266 g/mol. The fourth-order valence-corrected chi connectivity index (χ4v) is 2.80. The van der Waals surface area contributed by atoms with Crippen molar-refractivity contribution in [3.8, 4) is 0 Å². The number of aryl methyl sites for hydroxylation is 2. The van der Waals surface area contributed by atoms with Crippen LogP contribution < -0.4 is 0 Å². The van der Waals surface area contributed by atoms with Crippen LogP contribution in [0, 0.1) is 13.8 Å². The summed E-state index contributed by atoms with van der Waals surface area (Å²) < 4.78 is 0. The molecule has 1 aromatic rings. The molecule has 1 atom stereocenters. The molecule has 0 aromatic heterocycles. The Morgan fingerprint density at radius 3 is 2.67 bits per heavy atom. The molecule has 1 aromatic carbocycles. The maximum Gasteiger partial charge on any atom is 0.329 e. The lowest BCUT2D eigenvalue weighted by Gasteiger charge is -2.30. The predicted molar refractivity (Wildman–Crippen MR) is 81.9 cm³/mol. The summed E-state index contributed by atoms with van der Waals surface area (Å²) in [5.41, 5.74) is 2.17. The fourth-order valence-electron chi connectivity index (χ4n) is 2.80. The minimum Gasteiger partial charge on any atom is -0.480 e. The molecule has 4 nitrogen and oxygen atoms in total. The van der Waals surface area contributed by atoms with Crippen molar-refractivity contribution in [3.05, 3.63) is 41.0 Å². The first kappa shape index (κ1) is 15.3. The van der Waals surface area contributed by atoms with E-state index >= 15 is 0 Å². The first-order valence-corrected chi connectivity index (χ1v) is 7.15. The Morgan fingerprint density at radius 2 is 2.05 bits per heavy atom. The summed E-state index contributed by atoms with van der Waals surface area (Å²) in [6, 6.07) is 6.02. The molecule has 1 aliphatic rings. The van der Waals surface area contributed by atoms with E-state index in [1.165, 1.54) is 16.5 Å². The summed E-state index contributed by atoms with van der Waals surface area (Å²) >= 11 is 0. The van der Waals surface area contributed by atoms with Crippen LogP contribution in [0.15, 0.2) is 24.3 Å². The quantitative estimate of drug-likeness (QED) is 0.870. The Morgan fingerprint density at radius 1 is 1.33 bits per heavy atom. The van der Waals surface area contributed by atoms with Crippen LogP contribution in [-0.2, 0) is 9.59 Å². The Bertz CT molecular complexity index is 606. The lowest BCUT2D eigenvalue weighted by molar-refractivity contribution is -0.153. The average molecular weight is 287 g/mol. The molecule has 1 saturated heterocycles. The maximum absolute atomic E-state index is 12.3. The SMILES string of the molecule is Cc1ccc(C=CC(=O)N2CCCC2(C)C(=O)O)c(C)c1. The molecule has 1 amide bonds. The Kier molecular flexibility index (Phi) is 4.16. The van der Waals surface area contributed by atoms with Crippen LogP contribution in [0.25, 0.3) is 6.08 Å². The number of benzene rings is 1. The van der Waals surface area contributed by atoms with E-state index in [-0.39, 0.29) is 5.91 Å². The molecule has 0 bridgehead atoms. The molecule has 2 rings (SSSR count). The molecule has 1 unspecified atom stereocenters. The lowest BCUT2D eigenvalue weighted by Crippen LogP contribution is -2.50. The number of carboxylic acids is 1. The summed E-state index contributed by atoms with van der Waals surface area (Å²) in [5, 5.41) is 9.33. The van der Waals surface area contributed by atoms with Crippen LogP contribution in [0.3, 0.4) is 0 Å². The number of nitrogens with zero attached hydrogens (tertiary/aromatic N) is 1. The number of carboxylic acid groups (broad SMARTS) is 1. The summed E-state index contributed by atoms with van der Waals surface area (Å²) in [7, 11) is 0. The molecule has 1 heterocycles. The van der Waals surface area contributed by atoms with E-state index in [9.17, 15) is 14.7 Å². The molecule has 112 valence electrons. The maximum atomic E-state index is 12.3. The van der Waals surface area contributed by atoms with Crippen molar-refractivity contribution in [2.45, 2.75) is 39.2 Å². The van der Waals surface area contributed by atoms with Gasteiger partial charge in [0.25, 0.3) is 0 Å². The first-order chi connectivity index (χ1) is 9.84. The van der Waals surface area contributed by atoms with Crippen molar-refractivity contribution in [2.75, 3.05) is 6.54 Å². The second kappa shape index (κ2) is 5.72. The fraction of sp³-hybridized carbons (Fsp3) is 0.412. The molecule has 0 saturated carbocycles. The number of hydrogen-bond donors (Lipinski definition) is 1. The smallest absolute Gasteiger partial charge is 0.329 e. The van der Waals surface area contributed by atoms with Crippen LogP contribution >= 0.6 is 0 Å². The molecule has 0 aliphatic carbocycles. The van der Waals surface area contributed by atoms with Gasteiger partial charge in [-0.3, -0.25) is 4.79 Å². The van der Waals surface area contributed by atoms with E-state index in [2.05, 4.69) is 6.07 Å². The largest absolute Gasteiger partial charge is 0.480 e. The van der Waals surface area contributed by atoms with Gasteiger partial charge in [-0.2, -0.15) is 0 Å². The minimum atomic E-state index is -1.08. The van der Waals surface area contributed by atoms with Crippen LogP contribution in [-0.4, -0.2) is 34.0 Å². The predicted octanol–water partition coefficient (Wildman–Crippen LogP) is 2.78. The van der Waals surface area contributed by atoms with E-state index in [1.54, 1.807) is 13.0 Å². The van der Waals surface area contributed by atoms with Crippen molar-refractivity contribution in [1.29, 1.82) is 0 Å². The molecule has 21 heavy (non-hydrogen) atoms. The molecule has 1 N–H and O–H groups in total. The minimum absolute atomic E-state index is 0.239. The molecular formula is C17H21NO3. The average Bonchev–Trinajstić information content (AvgIpc) is 2.81. The van der Waals surface area contributed by atoms with Gasteiger partial charge in [-0.15, -0.1) is 0 Å². The van der Waals surface area contributed by atoms with E-state index in [1.807, 2.05) is 26.0 Å². The highest BCUT2D eigenvalue weighted by Gasteiger charge is 2.45. The number of carbonyl (C=O) groups excluding carboxylic acids is 1. The van der Waals surface area contributed by atoms with Gasteiger partial charge in [0.2, 0.25) is 5.91 Å². The van der Waals surface area contributed by atoms with Gasteiger partial charge in [0.05, 0.1) is 0 Å². The Hall–Kier alpha value is -2.10. The molecule has 0 radical (unpaired) electrons. The zero-order valence-corrected chi connectivity index (χ0v) is 12.7. The number of rotatable bonds is 3. The van der Waals surface area contributed by atoms with Crippen LogP contribution in [0.2, 0.25) is 0 Å². The van der Waals surface area contributed by atoms with Gasteiger partial charge in [0, 0.05) is 12.6 Å². The van der Waals surface area contributed by atoms with Gasteiger partial charge < -0.3 is 10.0 Å². The van der Waals surface area contributed by atoms with Gasteiger partial charge in [-0.05, 0) is 50.8 Å². The number of amides is 1. The number of aliphatic carboxylic acids is 1. The van der Waals surface area contributed by atoms with Gasteiger partial charge in [-0.25, -0.2) is 4.79 Å². The third-order valence-electron chi connectivity index (χ3n) is 4.20. The highest BCUT2D eigenvalue weighted by molar-refractivity contribution is 5.96. The Balaban J connectivity index is 2.17. The van der Waals surface area contributed by atoms with Gasteiger partial charge >= 0.3 is 5.97 Å². The highest BCUT2D eigenvalue weighted by Crippen LogP contribution is 2.29. The molecule has 1 aliphatic heterocycles. The number of hydrogen-bond acceptors (Lipinski definition) is 2. The van der Waals surface area contributed by atoms with Crippen molar-refractivity contribution >= 4 is 18.0 Å². The third-order valence-corrected chi connectivity index (χ3v) is 4.20. The number of carbonyl (C=O) groups is 2. The van der Waals surface area contributed by atoms with Gasteiger partial charge in [0.15, 0.2) is 0 Å². The third kappa shape index (κ3) is 2.99. The van der Waals surface area contributed by atoms with E-state index < -0.39 is 11.5 Å². The van der Waals surface area contributed by atoms with E-state index in [0.717, 1.165) is 17.5 Å². The van der Waals surface area contributed by atoms with Crippen molar-refractivity contribution in [2.24, 2.45) is 0 Å². The molecule has 1 fully saturated rings. The zero-order valence-electron chi connectivity index (χ0n) is 12.7. The topological polar surface area (TPSA) is 57.6 Å². The zero-order chi connectivity index (χ0) is 15.6. The number of likely N-dealkylation sites (tertiary alicyclic amines) is 1. The van der Waals surface area contributed by atoms with Crippen molar-refractivity contribution < 1.29 is 14.7 Å². The monoisotopic (exact) mass is 287 g/mol. The van der Waals surface area contributed by atoms with Gasteiger partial charge in [0.1, 0.15) is 5.54 Å². The highest BCUT2D eigenvalue weighted by atomic mass is 16.4. The lowest BCUT2D eigenvalue weighted by atomic mass is 9.99. The second-order valence-corrected chi connectivity index (χ2v) is 5.87. The van der Waals surface area contributed by atoms with E-state index in [4.69, 9.17) is 0 Å². The standard InChI is InChI=1S/C17H21NO3/c1-12-5-6-14(13(2)11-12)7-8-15(19)18-10-4-9-17(18,3)16(20)21/h5-8,11H,4,9-10H2,1-3H3,(H,20,21). The van der Waals surface area contributed by atoms with Crippen LogP contribution in [0.4, 0.5) is 0 Å². The van der Waals surface area contributed by atoms with E-state index in [0.29, 0.717) is 13.0 Å². The molecule has 4 heteroatoms. The summed E-state index contributed by atoms with van der Waals surface area (Å²) in [6.45, 7) is 6.13. The van der Waals surface area contributed by atoms with Gasteiger partial charge in [-0.1, -0.05) is 23.8 Å². The van der Waals surface area contributed by atoms with Crippen LogP contribution in [0.5, 0.6) is 0 Å².